The molecular formula is C22H31IN4O2. The van der Waals surface area contributed by atoms with E-state index in [0.717, 1.165) is 37.2 Å². The van der Waals surface area contributed by atoms with Gasteiger partial charge in [-0.3, -0.25) is 9.79 Å². The average molecular weight is 510 g/mol. The maximum atomic E-state index is 11.8. The topological polar surface area (TPSA) is 58.9 Å². The highest BCUT2D eigenvalue weighted by Crippen LogP contribution is 2.28. The molecule has 0 atom stereocenters. The van der Waals surface area contributed by atoms with Crippen molar-refractivity contribution >= 4 is 29.9 Å². The van der Waals surface area contributed by atoms with E-state index in [-0.39, 0.29) is 29.5 Å². The molecule has 1 aromatic carbocycles. The lowest BCUT2D eigenvalue weighted by molar-refractivity contribution is 0.115. The Hall–Kier alpha value is -1.87. The summed E-state index contributed by atoms with van der Waals surface area (Å²) in [7, 11) is 3.82. The number of nitrogens with zero attached hydrogens (tertiary/aromatic N) is 3. The van der Waals surface area contributed by atoms with Crippen LogP contribution < -0.4 is 10.9 Å². The van der Waals surface area contributed by atoms with Crippen LogP contribution in [0.15, 0.2) is 58.4 Å². The van der Waals surface area contributed by atoms with Crippen molar-refractivity contribution < 1.29 is 4.74 Å². The summed E-state index contributed by atoms with van der Waals surface area (Å²) in [6.45, 7) is 3.71. The standard InChI is InChI=1S/C22H30N4O2.HI/c1-23-22(25(2)13-14-28-17-20-10-11-20)24-15-18-6-8-19(9-7-18)16-26-12-4-3-5-21(26)27;/h3-9,12,20H,10-11,13-17H2,1-2H3,(H,23,24);1H. The molecule has 1 saturated carbocycles. The van der Waals surface area contributed by atoms with Gasteiger partial charge in [-0.05, 0) is 36.0 Å². The molecule has 158 valence electrons. The van der Waals surface area contributed by atoms with Gasteiger partial charge in [0.05, 0.1) is 13.2 Å². The summed E-state index contributed by atoms with van der Waals surface area (Å²) in [5, 5.41) is 3.39. The van der Waals surface area contributed by atoms with Gasteiger partial charge in [-0.25, -0.2) is 0 Å². The van der Waals surface area contributed by atoms with E-state index in [1.54, 1.807) is 23.7 Å². The van der Waals surface area contributed by atoms with Crippen molar-refractivity contribution in [3.05, 3.63) is 70.1 Å². The molecule has 2 aromatic rings. The zero-order valence-corrected chi connectivity index (χ0v) is 19.5. The summed E-state index contributed by atoms with van der Waals surface area (Å²) in [5.74, 6) is 1.65. The van der Waals surface area contributed by atoms with Gasteiger partial charge >= 0.3 is 0 Å². The van der Waals surface area contributed by atoms with Crippen LogP contribution in [-0.2, 0) is 17.8 Å². The van der Waals surface area contributed by atoms with Gasteiger partial charge in [-0.1, -0.05) is 30.3 Å². The lowest BCUT2D eigenvalue weighted by atomic mass is 10.1. The first-order valence-corrected chi connectivity index (χ1v) is 9.88. The lowest BCUT2D eigenvalue weighted by Crippen LogP contribution is -2.40. The van der Waals surface area contributed by atoms with Crippen LogP contribution in [0.5, 0.6) is 0 Å². The molecule has 1 aliphatic rings. The minimum atomic E-state index is 0. The van der Waals surface area contributed by atoms with Crippen LogP contribution in [0.2, 0.25) is 0 Å². The first-order chi connectivity index (χ1) is 13.7. The number of aliphatic imine (C=N–C) groups is 1. The van der Waals surface area contributed by atoms with Gasteiger partial charge in [0.15, 0.2) is 5.96 Å². The monoisotopic (exact) mass is 510 g/mol. The van der Waals surface area contributed by atoms with Crippen molar-refractivity contribution in [1.29, 1.82) is 0 Å². The molecule has 7 heteroatoms. The smallest absolute Gasteiger partial charge is 0.250 e. The fourth-order valence-electron chi connectivity index (χ4n) is 2.96. The first kappa shape index (κ1) is 23.4. The molecule has 1 aromatic heterocycles. The number of benzene rings is 1. The number of guanidine groups is 1. The molecule has 0 bridgehead atoms. The van der Waals surface area contributed by atoms with E-state index in [4.69, 9.17) is 4.74 Å². The second kappa shape index (κ2) is 12.0. The maximum absolute atomic E-state index is 11.8. The molecular weight excluding hydrogens is 479 g/mol. The number of nitrogens with one attached hydrogen (secondary N) is 1. The number of pyridine rings is 1. The zero-order chi connectivity index (χ0) is 19.8. The van der Waals surface area contributed by atoms with Crippen molar-refractivity contribution in [3.63, 3.8) is 0 Å². The molecule has 0 saturated heterocycles. The molecule has 0 radical (unpaired) electrons. The number of rotatable bonds is 9. The van der Waals surface area contributed by atoms with Gasteiger partial charge in [0.1, 0.15) is 0 Å². The average Bonchev–Trinajstić information content (AvgIpc) is 3.53. The van der Waals surface area contributed by atoms with Crippen LogP contribution in [-0.4, -0.2) is 49.3 Å². The zero-order valence-electron chi connectivity index (χ0n) is 17.2. The van der Waals surface area contributed by atoms with Crippen molar-refractivity contribution in [2.24, 2.45) is 10.9 Å². The van der Waals surface area contributed by atoms with E-state index in [1.165, 1.54) is 18.4 Å². The largest absolute Gasteiger partial charge is 0.379 e. The summed E-state index contributed by atoms with van der Waals surface area (Å²) >= 11 is 0. The third-order valence-corrected chi connectivity index (χ3v) is 4.92. The summed E-state index contributed by atoms with van der Waals surface area (Å²) in [4.78, 5) is 18.3. The molecule has 1 aliphatic carbocycles. The molecule has 0 amide bonds. The van der Waals surface area contributed by atoms with E-state index in [2.05, 4.69) is 39.5 Å². The normalized spacial score (nSPS) is 13.7. The van der Waals surface area contributed by atoms with Gasteiger partial charge in [0, 0.05) is 46.1 Å². The van der Waals surface area contributed by atoms with Gasteiger partial charge in [-0.2, -0.15) is 0 Å². The van der Waals surface area contributed by atoms with Crippen LogP contribution in [0, 0.1) is 5.92 Å². The molecule has 1 heterocycles. The van der Waals surface area contributed by atoms with E-state index in [0.29, 0.717) is 13.1 Å². The van der Waals surface area contributed by atoms with Crippen LogP contribution >= 0.6 is 24.0 Å². The Morgan fingerprint density at radius 2 is 1.93 bits per heavy atom. The van der Waals surface area contributed by atoms with E-state index >= 15 is 0 Å². The molecule has 0 spiro atoms. The van der Waals surface area contributed by atoms with Crippen molar-refractivity contribution in [2.45, 2.75) is 25.9 Å². The van der Waals surface area contributed by atoms with Crippen LogP contribution in [0.3, 0.4) is 0 Å². The van der Waals surface area contributed by atoms with Crippen molar-refractivity contribution in [2.75, 3.05) is 33.9 Å². The minimum absolute atomic E-state index is 0. The summed E-state index contributed by atoms with van der Waals surface area (Å²) in [5.41, 5.74) is 2.29. The minimum Gasteiger partial charge on any atom is -0.379 e. The third kappa shape index (κ3) is 7.81. The molecule has 1 fully saturated rings. The molecule has 29 heavy (non-hydrogen) atoms. The second-order valence-corrected chi connectivity index (χ2v) is 7.32. The number of ether oxygens (including phenoxy) is 1. The molecule has 6 nitrogen and oxygen atoms in total. The maximum Gasteiger partial charge on any atom is 0.250 e. The Bertz CT molecular complexity index is 831. The van der Waals surface area contributed by atoms with Crippen LogP contribution in [0.1, 0.15) is 24.0 Å². The highest BCUT2D eigenvalue weighted by molar-refractivity contribution is 14.0. The number of likely N-dealkylation sites (N-methyl/N-ethyl adjacent to an activating group) is 1. The number of aromatic nitrogens is 1. The predicted octanol–water partition coefficient (Wildman–Crippen LogP) is 2.95. The Morgan fingerprint density at radius 3 is 2.59 bits per heavy atom. The molecule has 3 rings (SSSR count). The summed E-state index contributed by atoms with van der Waals surface area (Å²) < 4.78 is 7.41. The van der Waals surface area contributed by atoms with Crippen molar-refractivity contribution in [1.82, 2.24) is 14.8 Å². The van der Waals surface area contributed by atoms with Crippen molar-refractivity contribution in [3.8, 4) is 0 Å². The Morgan fingerprint density at radius 1 is 1.21 bits per heavy atom. The fraction of sp³-hybridized carbons (Fsp3) is 0.455. The lowest BCUT2D eigenvalue weighted by Gasteiger charge is -2.22. The third-order valence-electron chi connectivity index (χ3n) is 4.92. The summed E-state index contributed by atoms with van der Waals surface area (Å²) in [6, 6.07) is 13.5. The molecule has 0 aliphatic heterocycles. The van der Waals surface area contributed by atoms with E-state index in [9.17, 15) is 4.79 Å². The fourth-order valence-corrected chi connectivity index (χ4v) is 2.96. The molecule has 1 N–H and O–H groups in total. The number of hydrogen-bond acceptors (Lipinski definition) is 3. The molecule has 0 unspecified atom stereocenters. The van der Waals surface area contributed by atoms with Crippen LogP contribution in [0.4, 0.5) is 0 Å². The predicted molar refractivity (Wildman–Crippen MR) is 128 cm³/mol. The van der Waals surface area contributed by atoms with Gasteiger partial charge in [-0.15, -0.1) is 24.0 Å². The van der Waals surface area contributed by atoms with Gasteiger partial charge < -0.3 is 19.5 Å². The number of halogens is 1. The van der Waals surface area contributed by atoms with Crippen LogP contribution in [0.25, 0.3) is 0 Å². The first-order valence-electron chi connectivity index (χ1n) is 9.88. The van der Waals surface area contributed by atoms with Gasteiger partial charge in [0.2, 0.25) is 0 Å². The van der Waals surface area contributed by atoms with Gasteiger partial charge in [0.25, 0.3) is 5.56 Å². The quantitative estimate of drug-likeness (QED) is 0.244. The van der Waals surface area contributed by atoms with E-state index < -0.39 is 0 Å². The highest BCUT2D eigenvalue weighted by atomic mass is 127. The second-order valence-electron chi connectivity index (χ2n) is 7.32. The Kier molecular flexibility index (Phi) is 9.66. The van der Waals surface area contributed by atoms with E-state index in [1.807, 2.05) is 19.3 Å². The number of hydrogen-bond donors (Lipinski definition) is 1. The SMILES string of the molecule is CN=C(NCc1ccc(Cn2ccccc2=O)cc1)N(C)CCOCC1CC1.I. The Balaban J connectivity index is 0.00000300. The highest BCUT2D eigenvalue weighted by Gasteiger charge is 2.21. The summed E-state index contributed by atoms with van der Waals surface area (Å²) in [6.07, 6.45) is 4.45. The Labute approximate surface area is 190 Å².